The molecule has 0 aliphatic heterocycles. The van der Waals surface area contributed by atoms with Gasteiger partial charge in [-0.3, -0.25) is 0 Å². The molecule has 2 heterocycles. The summed E-state index contributed by atoms with van der Waals surface area (Å²) in [5.74, 6) is 0. The SMILES string of the molecule is c1ccc(-c2cccc(-n3c4ccccc4c4cc(-c5ccc6c(c5)c5ccccc5n6-c5ccc6ccccc6c5)ccc43)c2)cc1. The number of hydrogen-bond donors (Lipinski definition) is 0. The van der Waals surface area contributed by atoms with Crippen LogP contribution in [0.4, 0.5) is 0 Å². The predicted octanol–water partition coefficient (Wildman–Crippen LogP) is 12.4. The molecule has 224 valence electrons. The molecule has 10 aromatic rings. The number of fused-ring (bicyclic) bond motifs is 7. The Bertz CT molecular complexity index is 2830. The van der Waals surface area contributed by atoms with Gasteiger partial charge in [-0.25, -0.2) is 0 Å². The normalized spacial score (nSPS) is 11.8. The van der Waals surface area contributed by atoms with Crippen LogP contribution in [-0.2, 0) is 0 Å². The molecule has 0 aliphatic rings. The van der Waals surface area contributed by atoms with Crippen LogP contribution in [0.5, 0.6) is 0 Å². The number of aromatic nitrogens is 2. The highest BCUT2D eigenvalue weighted by Crippen LogP contribution is 2.39. The fourth-order valence-corrected chi connectivity index (χ4v) is 7.63. The van der Waals surface area contributed by atoms with E-state index < -0.39 is 0 Å². The standard InChI is InChI=1S/C46H30N2/c1-2-11-31(12-3-1)34-15-10-16-37(27-34)47-43-19-8-6-17-39(43)41-29-35(22-25-45(41)47)36-23-26-46-42(30-36)40-18-7-9-20-44(40)48(46)38-24-21-32-13-4-5-14-33(32)28-38/h1-30H. The topological polar surface area (TPSA) is 9.86 Å². The van der Waals surface area contributed by atoms with Crippen LogP contribution < -0.4 is 0 Å². The van der Waals surface area contributed by atoms with Crippen molar-refractivity contribution in [2.45, 2.75) is 0 Å². The second-order valence-electron chi connectivity index (χ2n) is 12.6. The molecule has 2 heteroatoms. The number of benzene rings is 8. The zero-order valence-electron chi connectivity index (χ0n) is 26.2. The Labute approximate surface area is 278 Å². The van der Waals surface area contributed by atoms with E-state index >= 15 is 0 Å². The van der Waals surface area contributed by atoms with Crippen LogP contribution in [-0.4, -0.2) is 9.13 Å². The molecule has 2 nitrogen and oxygen atoms in total. The van der Waals surface area contributed by atoms with Crippen molar-refractivity contribution in [3.05, 3.63) is 182 Å². The largest absolute Gasteiger partial charge is 0.309 e. The van der Waals surface area contributed by atoms with E-state index in [2.05, 4.69) is 191 Å². The third-order valence-corrected chi connectivity index (χ3v) is 9.88. The number of nitrogens with zero attached hydrogens (tertiary/aromatic N) is 2. The van der Waals surface area contributed by atoms with E-state index in [0.29, 0.717) is 0 Å². The van der Waals surface area contributed by atoms with E-state index in [4.69, 9.17) is 0 Å². The smallest absolute Gasteiger partial charge is 0.0541 e. The second kappa shape index (κ2) is 10.6. The maximum absolute atomic E-state index is 2.40. The molecule has 2 aromatic heterocycles. The highest BCUT2D eigenvalue weighted by atomic mass is 15.0. The van der Waals surface area contributed by atoms with Crippen molar-refractivity contribution in [3.63, 3.8) is 0 Å². The molecule has 0 atom stereocenters. The first-order chi connectivity index (χ1) is 23.8. The monoisotopic (exact) mass is 610 g/mol. The van der Waals surface area contributed by atoms with Gasteiger partial charge in [0.1, 0.15) is 0 Å². The number of rotatable bonds is 4. The van der Waals surface area contributed by atoms with Gasteiger partial charge in [0.05, 0.1) is 22.1 Å². The van der Waals surface area contributed by atoms with Gasteiger partial charge in [0.2, 0.25) is 0 Å². The van der Waals surface area contributed by atoms with Crippen molar-refractivity contribution < 1.29 is 0 Å². The van der Waals surface area contributed by atoms with Crippen molar-refractivity contribution in [1.29, 1.82) is 0 Å². The van der Waals surface area contributed by atoms with Gasteiger partial charge in [-0.1, -0.05) is 121 Å². The molecule has 0 amide bonds. The Kier molecular flexibility index (Phi) is 5.91. The van der Waals surface area contributed by atoms with Crippen LogP contribution in [0, 0.1) is 0 Å². The molecule has 0 aliphatic carbocycles. The minimum absolute atomic E-state index is 1.17. The first-order valence-electron chi connectivity index (χ1n) is 16.5. The average Bonchev–Trinajstić information content (AvgIpc) is 3.67. The van der Waals surface area contributed by atoms with Gasteiger partial charge in [0.25, 0.3) is 0 Å². The minimum atomic E-state index is 1.17. The van der Waals surface area contributed by atoms with Crippen LogP contribution in [0.2, 0.25) is 0 Å². The van der Waals surface area contributed by atoms with Crippen molar-refractivity contribution in [2.24, 2.45) is 0 Å². The summed E-state index contributed by atoms with van der Waals surface area (Å²) in [7, 11) is 0. The highest BCUT2D eigenvalue weighted by Gasteiger charge is 2.16. The first-order valence-corrected chi connectivity index (χ1v) is 16.5. The van der Waals surface area contributed by atoms with Gasteiger partial charge in [-0.15, -0.1) is 0 Å². The average molecular weight is 611 g/mol. The first kappa shape index (κ1) is 26.8. The van der Waals surface area contributed by atoms with Crippen LogP contribution >= 0.6 is 0 Å². The van der Waals surface area contributed by atoms with Crippen molar-refractivity contribution in [2.75, 3.05) is 0 Å². The molecule has 48 heavy (non-hydrogen) atoms. The third-order valence-electron chi connectivity index (χ3n) is 9.88. The minimum Gasteiger partial charge on any atom is -0.309 e. The Balaban J connectivity index is 1.14. The van der Waals surface area contributed by atoms with Gasteiger partial charge in [0, 0.05) is 32.9 Å². The van der Waals surface area contributed by atoms with E-state index in [9.17, 15) is 0 Å². The van der Waals surface area contributed by atoms with Crippen LogP contribution in [0.1, 0.15) is 0 Å². The Morgan fingerprint density at radius 1 is 0.250 bits per heavy atom. The summed E-state index contributed by atoms with van der Waals surface area (Å²) >= 11 is 0. The molecule has 0 bridgehead atoms. The zero-order chi connectivity index (χ0) is 31.6. The summed E-state index contributed by atoms with van der Waals surface area (Å²) in [4.78, 5) is 0. The molecule has 10 rings (SSSR count). The third kappa shape index (κ3) is 4.13. The van der Waals surface area contributed by atoms with Crippen molar-refractivity contribution >= 4 is 54.4 Å². The van der Waals surface area contributed by atoms with Crippen LogP contribution in [0.3, 0.4) is 0 Å². The Hall–Kier alpha value is -6.38. The summed E-state index contributed by atoms with van der Waals surface area (Å²) in [5, 5.41) is 7.54. The van der Waals surface area contributed by atoms with Gasteiger partial charge >= 0.3 is 0 Å². The molecular weight excluding hydrogens is 581 g/mol. The molecule has 0 unspecified atom stereocenters. The van der Waals surface area contributed by atoms with E-state index in [1.54, 1.807) is 0 Å². The Morgan fingerprint density at radius 2 is 0.750 bits per heavy atom. The Morgan fingerprint density at radius 3 is 1.42 bits per heavy atom. The highest BCUT2D eigenvalue weighted by molar-refractivity contribution is 6.13. The van der Waals surface area contributed by atoms with E-state index in [0.717, 1.165) is 0 Å². The quantitative estimate of drug-likeness (QED) is 0.188. The lowest BCUT2D eigenvalue weighted by molar-refractivity contribution is 1.18. The van der Waals surface area contributed by atoms with E-state index in [1.165, 1.54) is 88.0 Å². The summed E-state index contributed by atoms with van der Waals surface area (Å²) in [6.45, 7) is 0. The molecule has 0 saturated carbocycles. The molecular formula is C46H30N2. The number of hydrogen-bond acceptors (Lipinski definition) is 0. The molecule has 0 fully saturated rings. The van der Waals surface area contributed by atoms with Crippen molar-refractivity contribution in [1.82, 2.24) is 9.13 Å². The van der Waals surface area contributed by atoms with Gasteiger partial charge in [-0.05, 0) is 93.7 Å². The van der Waals surface area contributed by atoms with E-state index in [1.807, 2.05) is 0 Å². The van der Waals surface area contributed by atoms with Crippen molar-refractivity contribution in [3.8, 4) is 33.6 Å². The predicted molar refractivity (Wildman–Crippen MR) is 203 cm³/mol. The molecule has 0 radical (unpaired) electrons. The van der Waals surface area contributed by atoms with Gasteiger partial charge in [0.15, 0.2) is 0 Å². The lowest BCUT2D eigenvalue weighted by Crippen LogP contribution is -1.94. The molecule has 8 aromatic carbocycles. The summed E-state index contributed by atoms with van der Waals surface area (Å²) < 4.78 is 4.81. The lowest BCUT2D eigenvalue weighted by atomic mass is 10.0. The molecule has 0 N–H and O–H groups in total. The van der Waals surface area contributed by atoms with Crippen LogP contribution in [0.15, 0.2) is 182 Å². The summed E-state index contributed by atoms with van der Waals surface area (Å²) in [6.07, 6.45) is 0. The molecule has 0 saturated heterocycles. The fourth-order valence-electron chi connectivity index (χ4n) is 7.63. The fraction of sp³-hybridized carbons (Fsp3) is 0. The maximum Gasteiger partial charge on any atom is 0.0541 e. The molecule has 0 spiro atoms. The summed E-state index contributed by atoms with van der Waals surface area (Å²) in [5.41, 5.74) is 12.1. The van der Waals surface area contributed by atoms with Crippen LogP contribution in [0.25, 0.3) is 88.0 Å². The van der Waals surface area contributed by atoms with Gasteiger partial charge in [-0.2, -0.15) is 0 Å². The van der Waals surface area contributed by atoms with E-state index in [-0.39, 0.29) is 0 Å². The number of para-hydroxylation sites is 2. The lowest BCUT2D eigenvalue weighted by Gasteiger charge is -2.11. The van der Waals surface area contributed by atoms with Gasteiger partial charge < -0.3 is 9.13 Å². The zero-order valence-corrected chi connectivity index (χ0v) is 26.2. The second-order valence-corrected chi connectivity index (χ2v) is 12.6. The maximum atomic E-state index is 2.40. The summed E-state index contributed by atoms with van der Waals surface area (Å²) in [6, 6.07) is 66.3.